The molecule has 0 saturated carbocycles. The van der Waals surface area contributed by atoms with Crippen LogP contribution < -0.4 is 0 Å². The maximum atomic E-state index is 9.96. The lowest BCUT2D eigenvalue weighted by molar-refractivity contribution is -0.110. The monoisotopic (exact) mass is 188 g/mol. The first-order valence-corrected chi connectivity index (χ1v) is 5.25. The van der Waals surface area contributed by atoms with Crippen LogP contribution in [0.4, 0.5) is 0 Å². The summed E-state index contributed by atoms with van der Waals surface area (Å²) in [4.78, 5) is 0. The van der Waals surface area contributed by atoms with Gasteiger partial charge in [0.25, 0.3) is 0 Å². The third-order valence-corrected chi connectivity index (χ3v) is 2.90. The van der Waals surface area contributed by atoms with Crippen LogP contribution in [0, 0.1) is 0 Å². The Morgan fingerprint density at radius 2 is 1.46 bits per heavy atom. The van der Waals surface area contributed by atoms with Crippen molar-refractivity contribution in [3.63, 3.8) is 0 Å². The van der Waals surface area contributed by atoms with E-state index in [0.29, 0.717) is 6.61 Å². The number of rotatable bonds is 6. The van der Waals surface area contributed by atoms with Gasteiger partial charge in [0.15, 0.2) is 0 Å². The lowest BCUT2D eigenvalue weighted by Gasteiger charge is -2.31. The van der Waals surface area contributed by atoms with E-state index in [4.69, 9.17) is 4.74 Å². The smallest absolute Gasteiger partial charge is 0.0875 e. The molecule has 0 aliphatic rings. The maximum absolute atomic E-state index is 9.96. The van der Waals surface area contributed by atoms with Gasteiger partial charge in [0.1, 0.15) is 0 Å². The molecule has 0 aliphatic heterocycles. The van der Waals surface area contributed by atoms with E-state index >= 15 is 0 Å². The topological polar surface area (TPSA) is 29.5 Å². The Bertz CT molecular complexity index is 137. The fourth-order valence-corrected chi connectivity index (χ4v) is 0.886. The second-order valence-corrected chi connectivity index (χ2v) is 4.33. The van der Waals surface area contributed by atoms with Crippen molar-refractivity contribution in [2.75, 3.05) is 6.61 Å². The van der Waals surface area contributed by atoms with Gasteiger partial charge in [-0.05, 0) is 33.1 Å². The fourth-order valence-electron chi connectivity index (χ4n) is 0.886. The molecule has 0 fully saturated rings. The number of hydrogen-bond acceptors (Lipinski definition) is 2. The van der Waals surface area contributed by atoms with E-state index in [9.17, 15) is 5.11 Å². The lowest BCUT2D eigenvalue weighted by Crippen LogP contribution is -2.37. The van der Waals surface area contributed by atoms with Gasteiger partial charge >= 0.3 is 0 Å². The maximum Gasteiger partial charge on any atom is 0.0875 e. The van der Waals surface area contributed by atoms with Crippen LogP contribution in [0.2, 0.25) is 0 Å². The molecule has 0 aromatic heterocycles. The zero-order valence-corrected chi connectivity index (χ0v) is 9.68. The Morgan fingerprint density at radius 1 is 1.00 bits per heavy atom. The first-order chi connectivity index (χ1) is 5.89. The Kier molecular flexibility index (Phi) is 4.93. The Morgan fingerprint density at radius 3 is 1.77 bits per heavy atom. The summed E-state index contributed by atoms with van der Waals surface area (Å²) >= 11 is 0. The molecular weight excluding hydrogens is 164 g/mol. The largest absolute Gasteiger partial charge is 0.388 e. The minimum absolute atomic E-state index is 0.113. The molecule has 2 nitrogen and oxygen atoms in total. The second kappa shape index (κ2) is 4.97. The molecule has 2 heteroatoms. The first-order valence-electron chi connectivity index (χ1n) is 5.25. The molecule has 1 N–H and O–H groups in total. The van der Waals surface area contributed by atoms with Crippen LogP contribution in [-0.4, -0.2) is 22.9 Å². The molecular formula is C11H24O2. The van der Waals surface area contributed by atoms with Crippen LogP contribution in [0.1, 0.15) is 53.9 Å². The SMILES string of the molecule is CCC(O)(CC)COC(C)(C)CC. The van der Waals surface area contributed by atoms with Crippen molar-refractivity contribution in [3.05, 3.63) is 0 Å². The van der Waals surface area contributed by atoms with Gasteiger partial charge in [-0.3, -0.25) is 0 Å². The summed E-state index contributed by atoms with van der Waals surface area (Å²) in [7, 11) is 0. The highest BCUT2D eigenvalue weighted by Crippen LogP contribution is 2.20. The van der Waals surface area contributed by atoms with Crippen molar-refractivity contribution < 1.29 is 9.84 Å². The van der Waals surface area contributed by atoms with Gasteiger partial charge in [-0.2, -0.15) is 0 Å². The average molecular weight is 188 g/mol. The van der Waals surface area contributed by atoms with Crippen molar-refractivity contribution in [1.82, 2.24) is 0 Å². The van der Waals surface area contributed by atoms with Gasteiger partial charge in [0.2, 0.25) is 0 Å². The zero-order chi connectivity index (χ0) is 10.5. The molecule has 0 aliphatic carbocycles. The molecule has 0 aromatic carbocycles. The van der Waals surface area contributed by atoms with Gasteiger partial charge in [-0.15, -0.1) is 0 Å². The third kappa shape index (κ3) is 4.63. The number of aliphatic hydroxyl groups is 1. The Hall–Kier alpha value is -0.0800. The average Bonchev–Trinajstić information content (AvgIpc) is 2.14. The number of ether oxygens (including phenoxy) is 1. The van der Waals surface area contributed by atoms with E-state index < -0.39 is 5.60 Å². The summed E-state index contributed by atoms with van der Waals surface area (Å²) in [5, 5.41) is 9.96. The van der Waals surface area contributed by atoms with E-state index in [1.54, 1.807) is 0 Å². The summed E-state index contributed by atoms with van der Waals surface area (Å²) in [5.74, 6) is 0. The summed E-state index contributed by atoms with van der Waals surface area (Å²) in [5.41, 5.74) is -0.745. The quantitative estimate of drug-likeness (QED) is 0.694. The highest BCUT2D eigenvalue weighted by Gasteiger charge is 2.26. The molecule has 0 saturated heterocycles. The lowest BCUT2D eigenvalue weighted by atomic mass is 9.98. The van der Waals surface area contributed by atoms with Crippen LogP contribution in [-0.2, 0) is 4.74 Å². The first kappa shape index (κ1) is 12.9. The molecule has 0 bridgehead atoms. The van der Waals surface area contributed by atoms with Crippen molar-refractivity contribution in [3.8, 4) is 0 Å². The van der Waals surface area contributed by atoms with Crippen molar-refractivity contribution in [1.29, 1.82) is 0 Å². The van der Waals surface area contributed by atoms with E-state index in [0.717, 1.165) is 19.3 Å². The minimum Gasteiger partial charge on any atom is -0.388 e. The van der Waals surface area contributed by atoms with Gasteiger partial charge in [0, 0.05) is 0 Å². The second-order valence-electron chi connectivity index (χ2n) is 4.33. The van der Waals surface area contributed by atoms with E-state index in [1.807, 2.05) is 13.8 Å². The summed E-state index contributed by atoms with van der Waals surface area (Å²) < 4.78 is 5.68. The van der Waals surface area contributed by atoms with Crippen molar-refractivity contribution in [2.45, 2.75) is 65.1 Å². The predicted molar refractivity (Wildman–Crippen MR) is 55.9 cm³/mol. The molecule has 0 rings (SSSR count). The third-order valence-electron chi connectivity index (χ3n) is 2.90. The zero-order valence-electron chi connectivity index (χ0n) is 9.68. The van der Waals surface area contributed by atoms with Crippen LogP contribution in [0.25, 0.3) is 0 Å². The Balaban J connectivity index is 3.99. The van der Waals surface area contributed by atoms with Crippen molar-refractivity contribution >= 4 is 0 Å². The fraction of sp³-hybridized carbons (Fsp3) is 1.00. The Labute approximate surface area is 82.3 Å². The molecule has 0 heterocycles. The van der Waals surface area contributed by atoms with Gasteiger partial charge in [-0.1, -0.05) is 20.8 Å². The molecule has 13 heavy (non-hydrogen) atoms. The summed E-state index contributed by atoms with van der Waals surface area (Å²) in [6, 6.07) is 0. The highest BCUT2D eigenvalue weighted by molar-refractivity contribution is 4.76. The van der Waals surface area contributed by atoms with E-state index in [-0.39, 0.29) is 5.60 Å². The van der Waals surface area contributed by atoms with Crippen LogP contribution in [0.5, 0.6) is 0 Å². The normalized spacial score (nSPS) is 13.4. The van der Waals surface area contributed by atoms with Gasteiger partial charge in [0.05, 0.1) is 17.8 Å². The van der Waals surface area contributed by atoms with Crippen LogP contribution in [0.3, 0.4) is 0 Å². The van der Waals surface area contributed by atoms with Gasteiger partial charge < -0.3 is 9.84 Å². The molecule has 0 radical (unpaired) electrons. The van der Waals surface area contributed by atoms with Crippen LogP contribution >= 0.6 is 0 Å². The molecule has 0 unspecified atom stereocenters. The molecule has 80 valence electrons. The molecule has 0 spiro atoms. The van der Waals surface area contributed by atoms with Crippen LogP contribution in [0.15, 0.2) is 0 Å². The highest BCUT2D eigenvalue weighted by atomic mass is 16.5. The molecule has 0 aromatic rings. The molecule has 0 atom stereocenters. The van der Waals surface area contributed by atoms with E-state index in [1.165, 1.54) is 0 Å². The minimum atomic E-state index is -0.632. The predicted octanol–water partition coefficient (Wildman–Crippen LogP) is 2.74. The summed E-state index contributed by atoms with van der Waals surface area (Å²) in [6.45, 7) is 10.6. The van der Waals surface area contributed by atoms with Crippen molar-refractivity contribution in [2.24, 2.45) is 0 Å². The van der Waals surface area contributed by atoms with E-state index in [2.05, 4.69) is 20.8 Å². The summed E-state index contributed by atoms with van der Waals surface area (Å²) in [6.07, 6.45) is 2.48. The molecule has 0 amide bonds. The van der Waals surface area contributed by atoms with Gasteiger partial charge in [-0.25, -0.2) is 0 Å². The number of hydrogen-bond donors (Lipinski definition) is 1. The standard InChI is InChI=1S/C11H24O2/c1-6-10(4,5)13-9-11(12,7-2)8-3/h12H,6-9H2,1-5H3.